The number of anilines is 1. The van der Waals surface area contributed by atoms with Crippen molar-refractivity contribution in [1.82, 2.24) is 4.90 Å². The second-order valence-corrected chi connectivity index (χ2v) is 5.46. The van der Waals surface area contributed by atoms with E-state index in [1.54, 1.807) is 24.3 Å². The fourth-order valence-corrected chi connectivity index (χ4v) is 2.13. The van der Waals surface area contributed by atoms with E-state index < -0.39 is 0 Å². The third kappa shape index (κ3) is 5.20. The Kier molecular flexibility index (Phi) is 6.90. The molecular weight excluding hydrogens is 262 g/mol. The Labute approximate surface area is 127 Å². The molecule has 0 radical (unpaired) electrons. The first-order chi connectivity index (χ1) is 10.0. The molecule has 0 aliphatic heterocycles. The topological polar surface area (TPSA) is 56.1 Å². The van der Waals surface area contributed by atoms with Crippen LogP contribution in [0.2, 0.25) is 0 Å². The predicted octanol–water partition coefficient (Wildman–Crippen LogP) is 3.25. The van der Waals surface area contributed by atoms with E-state index in [9.17, 15) is 4.79 Å². The lowest BCUT2D eigenvalue weighted by Gasteiger charge is -2.29. The van der Waals surface area contributed by atoms with Crippen molar-refractivity contribution in [2.75, 3.05) is 18.4 Å². The van der Waals surface area contributed by atoms with E-state index in [0.717, 1.165) is 25.2 Å². The molecule has 0 heterocycles. The van der Waals surface area contributed by atoms with Gasteiger partial charge in [-0.1, -0.05) is 27.2 Å². The van der Waals surface area contributed by atoms with Crippen LogP contribution in [0.5, 0.6) is 0 Å². The van der Waals surface area contributed by atoms with Gasteiger partial charge >= 0.3 is 0 Å². The number of benzene rings is 1. The van der Waals surface area contributed by atoms with Crippen molar-refractivity contribution < 1.29 is 4.79 Å². The first-order valence-corrected chi connectivity index (χ1v) is 7.56. The van der Waals surface area contributed by atoms with Crippen molar-refractivity contribution in [2.24, 2.45) is 5.92 Å². The van der Waals surface area contributed by atoms with Gasteiger partial charge in [-0.3, -0.25) is 9.69 Å². The van der Waals surface area contributed by atoms with Crippen LogP contribution < -0.4 is 5.32 Å². The van der Waals surface area contributed by atoms with Crippen LogP contribution >= 0.6 is 0 Å². The smallest absolute Gasteiger partial charge is 0.241 e. The van der Waals surface area contributed by atoms with Crippen molar-refractivity contribution in [3.63, 3.8) is 0 Å². The van der Waals surface area contributed by atoms with Crippen LogP contribution in [-0.2, 0) is 4.79 Å². The Balaban J connectivity index is 2.65. The van der Waals surface area contributed by atoms with E-state index in [4.69, 9.17) is 5.26 Å². The Bertz CT molecular complexity index is 490. The zero-order chi connectivity index (χ0) is 15.8. The molecule has 0 aliphatic rings. The van der Waals surface area contributed by atoms with Crippen molar-refractivity contribution in [3.05, 3.63) is 29.8 Å². The normalized spacial score (nSPS) is 13.5. The summed E-state index contributed by atoms with van der Waals surface area (Å²) in [5.41, 5.74) is 1.32. The van der Waals surface area contributed by atoms with Crippen LogP contribution in [-0.4, -0.2) is 29.9 Å². The van der Waals surface area contributed by atoms with Crippen LogP contribution in [0.15, 0.2) is 24.3 Å². The number of nitrogens with one attached hydrogen (secondary N) is 1. The van der Waals surface area contributed by atoms with E-state index >= 15 is 0 Å². The monoisotopic (exact) mass is 287 g/mol. The summed E-state index contributed by atoms with van der Waals surface area (Å²) in [6, 6.07) is 8.82. The molecule has 0 saturated carbocycles. The van der Waals surface area contributed by atoms with Gasteiger partial charge in [-0.25, -0.2) is 0 Å². The molecule has 0 aliphatic carbocycles. The summed E-state index contributed by atoms with van der Waals surface area (Å²) < 4.78 is 0. The molecule has 2 unspecified atom stereocenters. The molecule has 1 aromatic carbocycles. The van der Waals surface area contributed by atoms with Crippen molar-refractivity contribution >= 4 is 11.6 Å². The minimum atomic E-state index is -0.167. The fraction of sp³-hybridized carbons (Fsp3) is 0.529. The number of hydrogen-bond acceptors (Lipinski definition) is 3. The van der Waals surface area contributed by atoms with Gasteiger partial charge in [0, 0.05) is 12.2 Å². The van der Waals surface area contributed by atoms with Gasteiger partial charge in [-0.05, 0) is 43.7 Å². The molecule has 1 N–H and O–H groups in total. The van der Waals surface area contributed by atoms with E-state index in [-0.39, 0.29) is 11.9 Å². The van der Waals surface area contributed by atoms with Gasteiger partial charge in [0.2, 0.25) is 5.91 Å². The Morgan fingerprint density at radius 2 is 1.90 bits per heavy atom. The third-order valence-corrected chi connectivity index (χ3v) is 3.86. The van der Waals surface area contributed by atoms with E-state index in [2.05, 4.69) is 37.1 Å². The summed E-state index contributed by atoms with van der Waals surface area (Å²) >= 11 is 0. The highest BCUT2D eigenvalue weighted by Gasteiger charge is 2.21. The average Bonchev–Trinajstić information content (AvgIpc) is 2.52. The third-order valence-electron chi connectivity index (χ3n) is 3.86. The van der Waals surface area contributed by atoms with Crippen LogP contribution in [0.25, 0.3) is 0 Å². The molecule has 1 aromatic rings. The number of nitrogens with zero attached hydrogens (tertiary/aromatic N) is 2. The molecule has 1 amide bonds. The molecule has 1 rings (SSSR count). The van der Waals surface area contributed by atoms with Gasteiger partial charge in [0.15, 0.2) is 0 Å². The number of nitriles is 1. The summed E-state index contributed by atoms with van der Waals surface area (Å²) in [4.78, 5) is 14.5. The summed E-state index contributed by atoms with van der Waals surface area (Å²) in [7, 11) is 0. The van der Waals surface area contributed by atoms with Crippen LogP contribution in [0.1, 0.15) is 39.7 Å². The first kappa shape index (κ1) is 17.2. The highest BCUT2D eigenvalue weighted by molar-refractivity contribution is 5.94. The van der Waals surface area contributed by atoms with Crippen LogP contribution in [0.3, 0.4) is 0 Å². The van der Waals surface area contributed by atoms with E-state index in [1.807, 2.05) is 6.92 Å². The summed E-state index contributed by atoms with van der Waals surface area (Å²) in [6.07, 6.45) is 1.11. The molecule has 0 aromatic heterocycles. The van der Waals surface area contributed by atoms with Crippen molar-refractivity contribution in [2.45, 2.75) is 40.2 Å². The van der Waals surface area contributed by atoms with Gasteiger partial charge in [0.1, 0.15) is 0 Å². The molecule has 21 heavy (non-hydrogen) atoms. The minimum absolute atomic E-state index is 0.00939. The number of hydrogen-bond donors (Lipinski definition) is 1. The highest BCUT2D eigenvalue weighted by atomic mass is 16.2. The quantitative estimate of drug-likeness (QED) is 0.837. The van der Waals surface area contributed by atoms with Crippen LogP contribution in [0.4, 0.5) is 5.69 Å². The number of rotatable bonds is 7. The van der Waals surface area contributed by atoms with Gasteiger partial charge in [-0.15, -0.1) is 0 Å². The lowest BCUT2D eigenvalue weighted by atomic mass is 10.1. The van der Waals surface area contributed by atoms with E-state index in [1.165, 1.54) is 0 Å². The maximum atomic E-state index is 12.3. The SMILES string of the molecule is CCC(C)CN(CC)C(C)C(=O)Nc1ccc(C#N)cc1. The Hall–Kier alpha value is -1.86. The van der Waals surface area contributed by atoms with Gasteiger partial charge < -0.3 is 5.32 Å². The molecule has 4 nitrogen and oxygen atoms in total. The summed E-state index contributed by atoms with van der Waals surface area (Å²) in [6.45, 7) is 10.2. The maximum Gasteiger partial charge on any atom is 0.241 e. The zero-order valence-electron chi connectivity index (χ0n) is 13.4. The van der Waals surface area contributed by atoms with Gasteiger partial charge in [0.05, 0.1) is 17.7 Å². The van der Waals surface area contributed by atoms with Gasteiger partial charge in [-0.2, -0.15) is 5.26 Å². The Morgan fingerprint density at radius 3 is 2.38 bits per heavy atom. The van der Waals surface area contributed by atoms with Crippen LogP contribution in [0, 0.1) is 17.2 Å². The highest BCUT2D eigenvalue weighted by Crippen LogP contribution is 2.12. The molecule has 0 fully saturated rings. The number of carbonyl (C=O) groups is 1. The molecule has 0 saturated heterocycles. The predicted molar refractivity (Wildman–Crippen MR) is 86.0 cm³/mol. The zero-order valence-corrected chi connectivity index (χ0v) is 13.4. The van der Waals surface area contributed by atoms with Gasteiger partial charge in [0.25, 0.3) is 0 Å². The molecular formula is C17H25N3O. The Morgan fingerprint density at radius 1 is 1.29 bits per heavy atom. The van der Waals surface area contributed by atoms with E-state index in [0.29, 0.717) is 11.5 Å². The van der Waals surface area contributed by atoms with Crippen molar-refractivity contribution in [3.8, 4) is 6.07 Å². The molecule has 114 valence electrons. The average molecular weight is 287 g/mol. The standard InChI is InChI=1S/C17H25N3O/c1-5-13(3)12-20(6-2)14(4)17(21)19-16-9-7-15(11-18)8-10-16/h7-10,13-14H,5-6,12H2,1-4H3,(H,19,21). The minimum Gasteiger partial charge on any atom is -0.325 e. The first-order valence-electron chi connectivity index (χ1n) is 7.56. The number of likely N-dealkylation sites (N-methyl/N-ethyl adjacent to an activating group) is 1. The summed E-state index contributed by atoms with van der Waals surface area (Å²) in [5, 5.41) is 11.7. The maximum absolute atomic E-state index is 12.3. The molecule has 0 bridgehead atoms. The lowest BCUT2D eigenvalue weighted by molar-refractivity contribution is -0.120. The molecule has 0 spiro atoms. The largest absolute Gasteiger partial charge is 0.325 e. The fourth-order valence-electron chi connectivity index (χ4n) is 2.13. The lowest BCUT2D eigenvalue weighted by Crippen LogP contribution is -2.43. The second-order valence-electron chi connectivity index (χ2n) is 5.46. The molecule has 4 heteroatoms. The molecule has 2 atom stereocenters. The number of carbonyl (C=O) groups excluding carboxylic acids is 1. The summed E-state index contributed by atoms with van der Waals surface area (Å²) in [5.74, 6) is 0.569. The number of amides is 1. The second kappa shape index (κ2) is 8.43. The van der Waals surface area contributed by atoms with Crippen molar-refractivity contribution in [1.29, 1.82) is 5.26 Å².